The first kappa shape index (κ1) is 17.9. The van der Waals surface area contributed by atoms with Gasteiger partial charge >= 0.3 is 0 Å². The molecule has 0 unspecified atom stereocenters. The van der Waals surface area contributed by atoms with Gasteiger partial charge < -0.3 is 15.6 Å². The molecule has 0 aliphatic carbocycles. The average molecular weight is 375 g/mol. The van der Waals surface area contributed by atoms with Gasteiger partial charge in [-0.15, -0.1) is 0 Å². The van der Waals surface area contributed by atoms with Crippen LogP contribution in [0.4, 0.5) is 0 Å². The van der Waals surface area contributed by atoms with Crippen LogP contribution in [0.2, 0.25) is 0 Å². The van der Waals surface area contributed by atoms with Crippen LogP contribution in [-0.4, -0.2) is 27.5 Å². The fourth-order valence-electron chi connectivity index (χ4n) is 3.24. The molecule has 1 aliphatic rings. The number of H-pyrrole nitrogens is 1. The third kappa shape index (κ3) is 3.65. The maximum Gasteiger partial charge on any atom is 0.270 e. The summed E-state index contributed by atoms with van der Waals surface area (Å²) in [5, 5.41) is 7.09. The molecule has 1 aromatic carbocycles. The maximum absolute atomic E-state index is 12.5. The molecule has 0 saturated heterocycles. The van der Waals surface area contributed by atoms with Crippen LogP contribution in [0.3, 0.4) is 0 Å². The number of rotatable bonds is 5. The monoisotopic (exact) mass is 375 g/mol. The Morgan fingerprint density at radius 1 is 1.21 bits per heavy atom. The van der Waals surface area contributed by atoms with E-state index in [-0.39, 0.29) is 17.2 Å². The summed E-state index contributed by atoms with van der Waals surface area (Å²) in [5.41, 5.74) is 2.98. The van der Waals surface area contributed by atoms with Crippen molar-refractivity contribution in [2.24, 2.45) is 0 Å². The standard InChI is InChI=1S/C21H21N5O2/c1-22-13-16-10-15-7-6-14(9-17(15)24-16)12-23-21(28)18-11-20(27)26-8-4-2-3-5-19(26)25-18/h2-7,9-11,22,24H,8,12-13H2,1H3,(H,23,28). The molecule has 2 aromatic heterocycles. The highest BCUT2D eigenvalue weighted by molar-refractivity contribution is 5.92. The molecule has 0 atom stereocenters. The zero-order chi connectivity index (χ0) is 19.5. The van der Waals surface area contributed by atoms with Crippen LogP contribution in [0.1, 0.15) is 27.6 Å². The van der Waals surface area contributed by atoms with Gasteiger partial charge in [-0.2, -0.15) is 0 Å². The van der Waals surface area contributed by atoms with Gasteiger partial charge in [0.25, 0.3) is 11.5 Å². The SMILES string of the molecule is CNCc1cc2ccc(CNC(=O)c3cc(=O)n4c(n3)C=CC=CC4)cc2[nH]1. The number of carbonyl (C=O) groups is 1. The number of nitrogens with zero attached hydrogens (tertiary/aromatic N) is 2. The van der Waals surface area contributed by atoms with E-state index in [0.717, 1.165) is 28.7 Å². The molecule has 7 heteroatoms. The Hall–Kier alpha value is -3.45. The second-order valence-electron chi connectivity index (χ2n) is 6.66. The van der Waals surface area contributed by atoms with E-state index >= 15 is 0 Å². The number of nitrogens with one attached hydrogen (secondary N) is 3. The van der Waals surface area contributed by atoms with Gasteiger partial charge in [0.2, 0.25) is 0 Å². The zero-order valence-corrected chi connectivity index (χ0v) is 15.5. The molecule has 142 valence electrons. The number of hydrogen-bond acceptors (Lipinski definition) is 4. The van der Waals surface area contributed by atoms with Crippen molar-refractivity contribution in [3.8, 4) is 0 Å². The molecule has 3 heterocycles. The van der Waals surface area contributed by atoms with E-state index in [2.05, 4.69) is 26.7 Å². The summed E-state index contributed by atoms with van der Waals surface area (Å²) in [7, 11) is 1.90. The molecule has 0 radical (unpaired) electrons. The number of allylic oxidation sites excluding steroid dienone is 3. The molecule has 3 aromatic rings. The molecule has 0 bridgehead atoms. The van der Waals surface area contributed by atoms with Crippen LogP contribution in [0.15, 0.2) is 53.4 Å². The Labute approximate surface area is 161 Å². The fraction of sp³-hybridized carbons (Fsp3) is 0.190. The van der Waals surface area contributed by atoms with E-state index in [0.29, 0.717) is 18.9 Å². The summed E-state index contributed by atoms with van der Waals surface area (Å²) >= 11 is 0. The predicted molar refractivity (Wildman–Crippen MR) is 109 cm³/mol. The third-order valence-electron chi connectivity index (χ3n) is 4.61. The summed E-state index contributed by atoms with van der Waals surface area (Å²) in [4.78, 5) is 32.5. The Morgan fingerprint density at radius 2 is 2.11 bits per heavy atom. The minimum Gasteiger partial charge on any atom is -0.357 e. The molecule has 7 nitrogen and oxygen atoms in total. The number of benzene rings is 1. The lowest BCUT2D eigenvalue weighted by Crippen LogP contribution is -2.29. The Bertz CT molecular complexity index is 1150. The predicted octanol–water partition coefficient (Wildman–Crippen LogP) is 1.96. The molecular weight excluding hydrogens is 354 g/mol. The van der Waals surface area contributed by atoms with Crippen LogP contribution in [0, 0.1) is 0 Å². The average Bonchev–Trinajstić information content (AvgIpc) is 2.92. The molecule has 4 rings (SSSR count). The van der Waals surface area contributed by atoms with E-state index in [9.17, 15) is 9.59 Å². The summed E-state index contributed by atoms with van der Waals surface area (Å²) in [6.45, 7) is 1.57. The van der Waals surface area contributed by atoms with Crippen LogP contribution in [0.5, 0.6) is 0 Å². The molecule has 3 N–H and O–H groups in total. The molecular formula is C21H21N5O2. The lowest BCUT2D eigenvalue weighted by Gasteiger charge is -2.09. The van der Waals surface area contributed by atoms with Gasteiger partial charge in [0.05, 0.1) is 0 Å². The van der Waals surface area contributed by atoms with Crippen LogP contribution in [-0.2, 0) is 19.6 Å². The van der Waals surface area contributed by atoms with Crippen molar-refractivity contribution in [1.29, 1.82) is 0 Å². The summed E-state index contributed by atoms with van der Waals surface area (Å²) in [5.74, 6) is 0.112. The first-order chi connectivity index (χ1) is 13.6. The summed E-state index contributed by atoms with van der Waals surface area (Å²) in [6, 6.07) is 9.40. The van der Waals surface area contributed by atoms with E-state index in [1.54, 1.807) is 12.2 Å². The minimum absolute atomic E-state index is 0.125. The van der Waals surface area contributed by atoms with E-state index in [4.69, 9.17) is 0 Å². The topological polar surface area (TPSA) is 91.8 Å². The summed E-state index contributed by atoms with van der Waals surface area (Å²) in [6.07, 6.45) is 7.26. The van der Waals surface area contributed by atoms with Crippen molar-refractivity contribution < 1.29 is 4.79 Å². The molecule has 0 spiro atoms. The fourth-order valence-corrected chi connectivity index (χ4v) is 3.24. The third-order valence-corrected chi connectivity index (χ3v) is 4.61. The van der Waals surface area contributed by atoms with Crippen molar-refractivity contribution in [3.05, 3.63) is 81.7 Å². The Kier molecular flexibility index (Phi) is 4.90. The minimum atomic E-state index is -0.367. The molecule has 1 aliphatic heterocycles. The quantitative estimate of drug-likeness (QED) is 0.636. The number of carbonyl (C=O) groups excluding carboxylic acids is 1. The number of aromatic nitrogens is 3. The summed E-state index contributed by atoms with van der Waals surface area (Å²) < 4.78 is 1.53. The molecule has 28 heavy (non-hydrogen) atoms. The largest absolute Gasteiger partial charge is 0.357 e. The van der Waals surface area contributed by atoms with Crippen LogP contribution in [0.25, 0.3) is 17.0 Å². The normalized spacial score (nSPS) is 12.8. The molecule has 1 amide bonds. The van der Waals surface area contributed by atoms with E-state index in [1.165, 1.54) is 10.6 Å². The number of aromatic amines is 1. The van der Waals surface area contributed by atoms with Crippen LogP contribution < -0.4 is 16.2 Å². The maximum atomic E-state index is 12.5. The van der Waals surface area contributed by atoms with Gasteiger partial charge in [0, 0.05) is 36.9 Å². The van der Waals surface area contributed by atoms with Crippen molar-refractivity contribution in [1.82, 2.24) is 25.2 Å². The lowest BCUT2D eigenvalue weighted by atomic mass is 10.1. The van der Waals surface area contributed by atoms with Crippen molar-refractivity contribution in [2.75, 3.05) is 7.05 Å². The second-order valence-corrected chi connectivity index (χ2v) is 6.66. The second kappa shape index (κ2) is 7.66. The van der Waals surface area contributed by atoms with Gasteiger partial charge in [0.15, 0.2) is 0 Å². The zero-order valence-electron chi connectivity index (χ0n) is 15.5. The number of hydrogen-bond donors (Lipinski definition) is 3. The van der Waals surface area contributed by atoms with E-state index < -0.39 is 0 Å². The number of fused-ring (bicyclic) bond motifs is 2. The van der Waals surface area contributed by atoms with Gasteiger partial charge in [0.1, 0.15) is 11.5 Å². The Morgan fingerprint density at radius 3 is 2.96 bits per heavy atom. The first-order valence-electron chi connectivity index (χ1n) is 9.12. The molecule has 0 fully saturated rings. The lowest BCUT2D eigenvalue weighted by molar-refractivity contribution is 0.0945. The highest BCUT2D eigenvalue weighted by atomic mass is 16.2. The van der Waals surface area contributed by atoms with Gasteiger partial charge in [-0.3, -0.25) is 14.2 Å². The highest BCUT2D eigenvalue weighted by Crippen LogP contribution is 2.17. The first-order valence-corrected chi connectivity index (χ1v) is 9.12. The van der Waals surface area contributed by atoms with Gasteiger partial charge in [-0.1, -0.05) is 30.4 Å². The van der Waals surface area contributed by atoms with Crippen molar-refractivity contribution in [3.63, 3.8) is 0 Å². The Balaban J connectivity index is 1.50. The van der Waals surface area contributed by atoms with E-state index in [1.807, 2.05) is 37.4 Å². The van der Waals surface area contributed by atoms with Crippen LogP contribution >= 0.6 is 0 Å². The van der Waals surface area contributed by atoms with Gasteiger partial charge in [-0.25, -0.2) is 4.98 Å². The van der Waals surface area contributed by atoms with Crippen molar-refractivity contribution >= 4 is 22.9 Å². The number of amides is 1. The smallest absolute Gasteiger partial charge is 0.270 e. The van der Waals surface area contributed by atoms with Gasteiger partial charge in [-0.05, 0) is 36.2 Å². The highest BCUT2D eigenvalue weighted by Gasteiger charge is 2.13. The molecule has 0 saturated carbocycles. The van der Waals surface area contributed by atoms with Crippen molar-refractivity contribution in [2.45, 2.75) is 19.6 Å².